The van der Waals surface area contributed by atoms with E-state index in [0.717, 1.165) is 49.2 Å². The average molecular weight is 263 g/mol. The monoisotopic (exact) mass is 263 g/mol. The van der Waals surface area contributed by atoms with Crippen LogP contribution in [0.2, 0.25) is 0 Å². The molecule has 1 atom stereocenters. The summed E-state index contributed by atoms with van der Waals surface area (Å²) in [5.41, 5.74) is 2.33. The first-order valence-electron chi connectivity index (χ1n) is 7.26. The molecule has 3 nitrogen and oxygen atoms in total. The van der Waals surface area contributed by atoms with Crippen molar-refractivity contribution in [1.29, 1.82) is 0 Å². The van der Waals surface area contributed by atoms with Crippen LogP contribution in [-0.4, -0.2) is 30.9 Å². The summed E-state index contributed by atoms with van der Waals surface area (Å²) in [5, 5.41) is 13.5. The standard InChI is InChI=1S/C16H25NO2/c1-12-4-3-5-13(2)16(12)19-11-8-15(18)14-6-9-17-10-7-14/h3-5,14-15,17-18H,6-11H2,1-2H3. The third kappa shape index (κ3) is 3.95. The van der Waals surface area contributed by atoms with Crippen molar-refractivity contribution in [3.05, 3.63) is 29.3 Å². The fourth-order valence-corrected chi connectivity index (χ4v) is 2.77. The molecule has 0 aliphatic carbocycles. The lowest BCUT2D eigenvalue weighted by Crippen LogP contribution is -2.34. The molecular weight excluding hydrogens is 238 g/mol. The largest absolute Gasteiger partial charge is 0.493 e. The summed E-state index contributed by atoms with van der Waals surface area (Å²) < 4.78 is 5.85. The fourth-order valence-electron chi connectivity index (χ4n) is 2.77. The Hall–Kier alpha value is -1.06. The Balaban J connectivity index is 1.79. The molecule has 1 saturated heterocycles. The zero-order chi connectivity index (χ0) is 13.7. The molecule has 0 amide bonds. The number of aliphatic hydroxyl groups is 1. The quantitative estimate of drug-likeness (QED) is 0.857. The summed E-state index contributed by atoms with van der Waals surface area (Å²) in [6.45, 7) is 6.77. The van der Waals surface area contributed by atoms with E-state index >= 15 is 0 Å². The van der Waals surface area contributed by atoms with Gasteiger partial charge in [-0.05, 0) is 56.8 Å². The van der Waals surface area contributed by atoms with Crippen LogP contribution in [0.3, 0.4) is 0 Å². The van der Waals surface area contributed by atoms with Gasteiger partial charge in [-0.1, -0.05) is 18.2 Å². The molecule has 1 heterocycles. The van der Waals surface area contributed by atoms with E-state index < -0.39 is 0 Å². The van der Waals surface area contributed by atoms with Gasteiger partial charge in [-0.3, -0.25) is 0 Å². The number of benzene rings is 1. The number of rotatable bonds is 5. The molecule has 0 aromatic heterocycles. The molecule has 1 unspecified atom stereocenters. The summed E-state index contributed by atoms with van der Waals surface area (Å²) in [6.07, 6.45) is 2.64. The maximum absolute atomic E-state index is 10.2. The van der Waals surface area contributed by atoms with Gasteiger partial charge in [0.2, 0.25) is 0 Å². The van der Waals surface area contributed by atoms with Gasteiger partial charge in [-0.25, -0.2) is 0 Å². The number of para-hydroxylation sites is 1. The van der Waals surface area contributed by atoms with Gasteiger partial charge in [0.15, 0.2) is 0 Å². The van der Waals surface area contributed by atoms with E-state index in [4.69, 9.17) is 4.74 Å². The number of aliphatic hydroxyl groups excluding tert-OH is 1. The van der Waals surface area contributed by atoms with Crippen LogP contribution >= 0.6 is 0 Å². The maximum Gasteiger partial charge on any atom is 0.125 e. The molecule has 1 aliphatic rings. The van der Waals surface area contributed by atoms with Crippen LogP contribution in [-0.2, 0) is 0 Å². The van der Waals surface area contributed by atoms with Gasteiger partial charge in [0.1, 0.15) is 5.75 Å². The Morgan fingerprint density at radius 3 is 2.53 bits per heavy atom. The molecule has 0 bridgehead atoms. The highest BCUT2D eigenvalue weighted by atomic mass is 16.5. The molecule has 1 aliphatic heterocycles. The van der Waals surface area contributed by atoms with Gasteiger partial charge in [0.05, 0.1) is 12.7 Å². The Kier molecular flexibility index (Phi) is 5.23. The molecule has 1 aromatic carbocycles. The van der Waals surface area contributed by atoms with Crippen molar-refractivity contribution in [3.63, 3.8) is 0 Å². The van der Waals surface area contributed by atoms with E-state index in [1.54, 1.807) is 0 Å². The second-order valence-corrected chi connectivity index (χ2v) is 5.51. The van der Waals surface area contributed by atoms with E-state index in [9.17, 15) is 5.11 Å². The van der Waals surface area contributed by atoms with Gasteiger partial charge in [-0.2, -0.15) is 0 Å². The molecule has 19 heavy (non-hydrogen) atoms. The fraction of sp³-hybridized carbons (Fsp3) is 0.625. The van der Waals surface area contributed by atoms with Crippen LogP contribution in [0.15, 0.2) is 18.2 Å². The minimum atomic E-state index is -0.230. The van der Waals surface area contributed by atoms with Crippen LogP contribution in [0.25, 0.3) is 0 Å². The second-order valence-electron chi connectivity index (χ2n) is 5.51. The lowest BCUT2D eigenvalue weighted by atomic mass is 9.91. The van der Waals surface area contributed by atoms with E-state index in [2.05, 4.69) is 31.3 Å². The smallest absolute Gasteiger partial charge is 0.125 e. The van der Waals surface area contributed by atoms with Crippen LogP contribution in [0, 0.1) is 19.8 Å². The normalized spacial score (nSPS) is 18.3. The number of aryl methyl sites for hydroxylation is 2. The molecule has 106 valence electrons. The van der Waals surface area contributed by atoms with Gasteiger partial charge >= 0.3 is 0 Å². The first-order valence-corrected chi connectivity index (χ1v) is 7.26. The minimum Gasteiger partial charge on any atom is -0.493 e. The van der Waals surface area contributed by atoms with Crippen LogP contribution in [0.1, 0.15) is 30.4 Å². The maximum atomic E-state index is 10.2. The third-order valence-electron chi connectivity index (χ3n) is 4.00. The first-order chi connectivity index (χ1) is 9.18. The minimum absolute atomic E-state index is 0.230. The molecule has 0 radical (unpaired) electrons. The molecular formula is C16H25NO2. The van der Waals surface area contributed by atoms with Crippen molar-refractivity contribution in [2.24, 2.45) is 5.92 Å². The molecule has 3 heteroatoms. The van der Waals surface area contributed by atoms with Crippen molar-refractivity contribution >= 4 is 0 Å². The van der Waals surface area contributed by atoms with Crippen LogP contribution in [0.5, 0.6) is 5.75 Å². The van der Waals surface area contributed by atoms with Gasteiger partial charge in [0.25, 0.3) is 0 Å². The number of hydrogen-bond donors (Lipinski definition) is 2. The zero-order valence-electron chi connectivity index (χ0n) is 12.0. The number of piperidine rings is 1. The molecule has 2 N–H and O–H groups in total. The lowest BCUT2D eigenvalue weighted by molar-refractivity contribution is 0.0672. The highest BCUT2D eigenvalue weighted by molar-refractivity contribution is 5.39. The highest BCUT2D eigenvalue weighted by Gasteiger charge is 2.21. The predicted octanol–water partition coefficient (Wildman–Crippen LogP) is 2.43. The molecule has 0 saturated carbocycles. The third-order valence-corrected chi connectivity index (χ3v) is 4.00. The summed E-state index contributed by atoms with van der Waals surface area (Å²) in [7, 11) is 0. The predicted molar refractivity (Wildman–Crippen MR) is 77.6 cm³/mol. The SMILES string of the molecule is Cc1cccc(C)c1OCCC(O)C1CCNCC1. The van der Waals surface area contributed by atoms with Crippen molar-refractivity contribution in [1.82, 2.24) is 5.32 Å². The Morgan fingerprint density at radius 2 is 1.89 bits per heavy atom. The topological polar surface area (TPSA) is 41.5 Å². The van der Waals surface area contributed by atoms with Gasteiger partial charge in [0, 0.05) is 6.42 Å². The van der Waals surface area contributed by atoms with Gasteiger partial charge < -0.3 is 15.2 Å². The second kappa shape index (κ2) is 6.92. The molecule has 2 rings (SSSR count). The highest BCUT2D eigenvalue weighted by Crippen LogP contribution is 2.23. The van der Waals surface area contributed by atoms with E-state index in [1.165, 1.54) is 0 Å². The number of ether oxygens (including phenoxy) is 1. The average Bonchev–Trinajstić information content (AvgIpc) is 2.43. The lowest BCUT2D eigenvalue weighted by Gasteiger charge is -2.27. The van der Waals surface area contributed by atoms with Crippen LogP contribution in [0.4, 0.5) is 0 Å². The van der Waals surface area contributed by atoms with E-state index in [0.29, 0.717) is 12.5 Å². The zero-order valence-corrected chi connectivity index (χ0v) is 12.0. The van der Waals surface area contributed by atoms with E-state index in [-0.39, 0.29) is 6.10 Å². The molecule has 1 fully saturated rings. The number of hydrogen-bond acceptors (Lipinski definition) is 3. The number of nitrogens with one attached hydrogen (secondary N) is 1. The van der Waals surface area contributed by atoms with Crippen molar-refractivity contribution in [3.8, 4) is 5.75 Å². The molecule has 1 aromatic rings. The van der Waals surface area contributed by atoms with E-state index in [1.807, 2.05) is 6.07 Å². The first kappa shape index (κ1) is 14.4. The van der Waals surface area contributed by atoms with Crippen molar-refractivity contribution in [2.45, 2.75) is 39.2 Å². The van der Waals surface area contributed by atoms with Gasteiger partial charge in [-0.15, -0.1) is 0 Å². The summed E-state index contributed by atoms with van der Waals surface area (Å²) in [6, 6.07) is 6.17. The summed E-state index contributed by atoms with van der Waals surface area (Å²) in [4.78, 5) is 0. The Bertz CT molecular complexity index is 379. The summed E-state index contributed by atoms with van der Waals surface area (Å²) in [5.74, 6) is 1.41. The van der Waals surface area contributed by atoms with Crippen LogP contribution < -0.4 is 10.1 Å². The van der Waals surface area contributed by atoms with Crippen molar-refractivity contribution in [2.75, 3.05) is 19.7 Å². The Morgan fingerprint density at radius 1 is 1.26 bits per heavy atom. The Labute approximate surface area is 116 Å². The van der Waals surface area contributed by atoms with Crippen molar-refractivity contribution < 1.29 is 9.84 Å². The molecule has 0 spiro atoms. The summed E-state index contributed by atoms with van der Waals surface area (Å²) >= 11 is 0.